The topological polar surface area (TPSA) is 92.5 Å². The Bertz CT molecular complexity index is 1130. The van der Waals surface area contributed by atoms with Crippen LogP contribution in [0, 0.1) is 10.1 Å². The average Bonchev–Trinajstić information content (AvgIpc) is 2.79. The van der Waals surface area contributed by atoms with Crippen molar-refractivity contribution in [2.24, 2.45) is 0 Å². The number of nitrogens with one attached hydrogen (secondary N) is 1. The minimum atomic E-state index is -0.473. The Hall–Kier alpha value is -4.00. The molecule has 1 aliphatic rings. The van der Waals surface area contributed by atoms with E-state index in [4.69, 9.17) is 0 Å². The molecule has 0 unspecified atom stereocenters. The van der Waals surface area contributed by atoms with Gasteiger partial charge in [-0.1, -0.05) is 36.4 Å². The van der Waals surface area contributed by atoms with E-state index in [1.54, 1.807) is 29.2 Å². The highest BCUT2D eigenvalue weighted by atomic mass is 16.6. The number of amides is 2. The Morgan fingerprint density at radius 2 is 1.74 bits per heavy atom. The Morgan fingerprint density at radius 3 is 2.45 bits per heavy atom. The van der Waals surface area contributed by atoms with Gasteiger partial charge in [-0.2, -0.15) is 0 Å². The van der Waals surface area contributed by atoms with Crippen LogP contribution in [0.15, 0.2) is 72.8 Å². The normalized spacial score (nSPS) is 12.7. The standard InChI is InChI=1S/C24H21N3O4/c28-23(15-17-8-12-21(13-9-17)27(30)31)25-20-11-10-18-7-4-14-26(22(18)16-20)24(29)19-5-2-1-3-6-19/h1-3,5-6,8-13,16H,4,7,14-15H2,(H,25,28). The number of benzene rings is 3. The molecule has 0 atom stereocenters. The molecular formula is C24H21N3O4. The first-order valence-corrected chi connectivity index (χ1v) is 10.0. The minimum absolute atomic E-state index is 0.0120. The Labute approximate surface area is 179 Å². The first-order valence-electron chi connectivity index (χ1n) is 10.0. The second kappa shape index (κ2) is 8.79. The van der Waals surface area contributed by atoms with Gasteiger partial charge in [-0.05, 0) is 48.2 Å². The molecule has 0 saturated carbocycles. The van der Waals surface area contributed by atoms with Crippen LogP contribution in [0.2, 0.25) is 0 Å². The molecule has 7 nitrogen and oxygen atoms in total. The van der Waals surface area contributed by atoms with Crippen LogP contribution in [-0.2, 0) is 17.6 Å². The van der Waals surface area contributed by atoms with Crippen molar-refractivity contribution in [3.8, 4) is 0 Å². The number of nitro benzene ring substituents is 1. The summed E-state index contributed by atoms with van der Waals surface area (Å²) in [6, 6.07) is 20.7. The maximum absolute atomic E-state index is 13.0. The summed E-state index contributed by atoms with van der Waals surface area (Å²) < 4.78 is 0. The van der Waals surface area contributed by atoms with Gasteiger partial charge in [-0.25, -0.2) is 0 Å². The second-order valence-corrected chi connectivity index (χ2v) is 7.42. The second-order valence-electron chi connectivity index (χ2n) is 7.42. The first-order chi connectivity index (χ1) is 15.0. The van der Waals surface area contributed by atoms with Crippen molar-refractivity contribution in [2.45, 2.75) is 19.3 Å². The lowest BCUT2D eigenvalue weighted by molar-refractivity contribution is -0.384. The summed E-state index contributed by atoms with van der Waals surface area (Å²) in [6.45, 7) is 0.626. The number of non-ortho nitro benzene ring substituents is 1. The molecule has 3 aromatic rings. The number of hydrogen-bond acceptors (Lipinski definition) is 4. The van der Waals surface area contributed by atoms with Crippen molar-refractivity contribution in [2.75, 3.05) is 16.8 Å². The predicted octanol–water partition coefficient (Wildman–Crippen LogP) is 4.37. The number of carbonyl (C=O) groups is 2. The van der Waals surface area contributed by atoms with Crippen LogP contribution in [0.1, 0.15) is 27.9 Å². The number of anilines is 2. The van der Waals surface area contributed by atoms with E-state index >= 15 is 0 Å². The zero-order valence-corrected chi connectivity index (χ0v) is 16.8. The molecular weight excluding hydrogens is 394 g/mol. The van der Waals surface area contributed by atoms with Crippen LogP contribution < -0.4 is 10.2 Å². The number of aryl methyl sites for hydroxylation is 1. The summed E-state index contributed by atoms with van der Waals surface area (Å²) in [5, 5.41) is 13.6. The van der Waals surface area contributed by atoms with E-state index in [1.807, 2.05) is 36.4 Å². The average molecular weight is 415 g/mol. The van der Waals surface area contributed by atoms with Crippen molar-refractivity contribution in [3.05, 3.63) is 99.6 Å². The Morgan fingerprint density at radius 1 is 1.00 bits per heavy atom. The van der Waals surface area contributed by atoms with Crippen LogP contribution in [-0.4, -0.2) is 23.3 Å². The van der Waals surface area contributed by atoms with E-state index < -0.39 is 4.92 Å². The van der Waals surface area contributed by atoms with Gasteiger partial charge in [0.15, 0.2) is 0 Å². The molecule has 1 heterocycles. The third-order valence-electron chi connectivity index (χ3n) is 5.27. The van der Waals surface area contributed by atoms with E-state index in [1.165, 1.54) is 12.1 Å². The molecule has 7 heteroatoms. The SMILES string of the molecule is O=C(Cc1ccc([N+](=O)[O-])cc1)Nc1ccc2c(c1)N(C(=O)c1ccccc1)CCC2. The van der Waals surface area contributed by atoms with Crippen molar-refractivity contribution in [3.63, 3.8) is 0 Å². The summed E-state index contributed by atoms with van der Waals surface area (Å²) >= 11 is 0. The number of hydrogen-bond donors (Lipinski definition) is 1. The largest absolute Gasteiger partial charge is 0.326 e. The Kier molecular flexibility index (Phi) is 5.75. The van der Waals surface area contributed by atoms with Gasteiger partial charge in [0.05, 0.1) is 11.3 Å². The molecule has 0 aromatic heterocycles. The molecule has 0 bridgehead atoms. The van der Waals surface area contributed by atoms with Gasteiger partial charge in [-0.15, -0.1) is 0 Å². The van der Waals surface area contributed by atoms with Gasteiger partial charge < -0.3 is 10.2 Å². The number of nitro groups is 1. The lowest BCUT2D eigenvalue weighted by Crippen LogP contribution is -2.35. The van der Waals surface area contributed by atoms with Crippen LogP contribution in [0.4, 0.5) is 17.1 Å². The van der Waals surface area contributed by atoms with Crippen LogP contribution in [0.5, 0.6) is 0 Å². The molecule has 31 heavy (non-hydrogen) atoms. The number of nitrogens with zero attached hydrogens (tertiary/aromatic N) is 2. The molecule has 4 rings (SSSR count). The zero-order valence-electron chi connectivity index (χ0n) is 16.8. The first kappa shape index (κ1) is 20.3. The van der Waals surface area contributed by atoms with Gasteiger partial charge in [0.1, 0.15) is 0 Å². The van der Waals surface area contributed by atoms with Gasteiger partial charge in [0.25, 0.3) is 11.6 Å². The third-order valence-corrected chi connectivity index (χ3v) is 5.27. The molecule has 0 saturated heterocycles. The molecule has 0 radical (unpaired) electrons. The van der Waals surface area contributed by atoms with E-state index in [0.29, 0.717) is 23.4 Å². The smallest absolute Gasteiger partial charge is 0.269 e. The molecule has 0 fully saturated rings. The fourth-order valence-electron chi connectivity index (χ4n) is 3.73. The summed E-state index contributed by atoms with van der Waals surface area (Å²) in [4.78, 5) is 37.5. The zero-order chi connectivity index (χ0) is 21.8. The summed E-state index contributed by atoms with van der Waals surface area (Å²) in [6.07, 6.45) is 1.87. The van der Waals surface area contributed by atoms with Crippen molar-refractivity contribution in [1.29, 1.82) is 0 Å². The predicted molar refractivity (Wildman–Crippen MR) is 118 cm³/mol. The molecule has 1 N–H and O–H groups in total. The van der Waals surface area contributed by atoms with Gasteiger partial charge in [0.2, 0.25) is 5.91 Å². The lowest BCUT2D eigenvalue weighted by Gasteiger charge is -2.30. The summed E-state index contributed by atoms with van der Waals surface area (Å²) in [7, 11) is 0. The van der Waals surface area contributed by atoms with E-state index in [0.717, 1.165) is 24.1 Å². The van der Waals surface area contributed by atoms with Crippen LogP contribution in [0.3, 0.4) is 0 Å². The highest BCUT2D eigenvalue weighted by molar-refractivity contribution is 6.07. The van der Waals surface area contributed by atoms with Crippen LogP contribution in [0.25, 0.3) is 0 Å². The summed E-state index contributed by atoms with van der Waals surface area (Å²) in [5.74, 6) is -0.290. The van der Waals surface area contributed by atoms with Crippen molar-refractivity contribution >= 4 is 28.9 Å². The molecule has 2 amide bonds. The van der Waals surface area contributed by atoms with Gasteiger partial charge >= 0.3 is 0 Å². The number of rotatable bonds is 5. The fraction of sp³-hybridized carbons (Fsp3) is 0.167. The van der Waals surface area contributed by atoms with E-state index in [9.17, 15) is 19.7 Å². The third kappa shape index (κ3) is 4.61. The number of fused-ring (bicyclic) bond motifs is 1. The molecule has 156 valence electrons. The van der Waals surface area contributed by atoms with Crippen molar-refractivity contribution in [1.82, 2.24) is 0 Å². The van der Waals surface area contributed by atoms with E-state index in [2.05, 4.69) is 5.32 Å². The summed E-state index contributed by atoms with van der Waals surface area (Å²) in [5.41, 5.74) is 3.79. The maximum Gasteiger partial charge on any atom is 0.269 e. The highest BCUT2D eigenvalue weighted by Crippen LogP contribution is 2.31. The molecule has 0 spiro atoms. The van der Waals surface area contributed by atoms with Gasteiger partial charge in [0, 0.05) is 35.6 Å². The van der Waals surface area contributed by atoms with Crippen LogP contribution >= 0.6 is 0 Å². The molecule has 1 aliphatic heterocycles. The fourth-order valence-corrected chi connectivity index (χ4v) is 3.73. The lowest BCUT2D eigenvalue weighted by atomic mass is 10.00. The number of carbonyl (C=O) groups excluding carboxylic acids is 2. The maximum atomic E-state index is 13.0. The van der Waals surface area contributed by atoms with Crippen molar-refractivity contribution < 1.29 is 14.5 Å². The van der Waals surface area contributed by atoms with Gasteiger partial charge in [-0.3, -0.25) is 19.7 Å². The monoisotopic (exact) mass is 415 g/mol. The van der Waals surface area contributed by atoms with E-state index in [-0.39, 0.29) is 23.9 Å². The minimum Gasteiger partial charge on any atom is -0.326 e. The quantitative estimate of drug-likeness (QED) is 0.495. The molecule has 0 aliphatic carbocycles. The molecule has 3 aromatic carbocycles. The Balaban J connectivity index is 1.49. The highest BCUT2D eigenvalue weighted by Gasteiger charge is 2.24.